The summed E-state index contributed by atoms with van der Waals surface area (Å²) in [6.07, 6.45) is -1.00. The Hall–Kier alpha value is -7.42. The van der Waals surface area contributed by atoms with Gasteiger partial charge in [0.1, 0.15) is 0 Å². The molecule has 38 heteroatoms. The summed E-state index contributed by atoms with van der Waals surface area (Å²) in [5.41, 5.74) is 0. The second-order valence-corrected chi connectivity index (χ2v) is 13.6. The van der Waals surface area contributed by atoms with Crippen molar-refractivity contribution in [1.29, 1.82) is 0 Å². The average molecular weight is 965 g/mol. The number of rotatable bonds is 16. The zero-order chi connectivity index (χ0) is 52.7. The van der Waals surface area contributed by atoms with E-state index in [9.17, 15) is 60.7 Å². The molecule has 0 spiro atoms. The van der Waals surface area contributed by atoms with E-state index >= 15 is 0 Å². The van der Waals surface area contributed by atoms with Crippen LogP contribution in [0.5, 0.6) is 0 Å². The highest BCUT2D eigenvalue weighted by molar-refractivity contribution is 5.64. The van der Waals surface area contributed by atoms with Crippen molar-refractivity contribution in [3.05, 3.63) is 60.7 Å². The molecule has 0 aliphatic carbocycles. The van der Waals surface area contributed by atoms with Crippen LogP contribution in [0.15, 0.2) is 9.26 Å². The number of hydrogen-bond donors (Lipinski definition) is 10. The Balaban J connectivity index is -0.000000658. The van der Waals surface area contributed by atoms with E-state index in [1.54, 1.807) is 83.1 Å². The van der Waals surface area contributed by atoms with Crippen molar-refractivity contribution in [2.45, 2.75) is 131 Å². The maximum atomic E-state index is 11.0. The number of hydrogen-bond acceptors (Lipinski definition) is 32. The fourth-order valence-corrected chi connectivity index (χ4v) is 2.51. The molecular weight excluding hydrogens is 908 g/mol. The van der Waals surface area contributed by atoms with E-state index in [0.29, 0.717) is 0 Å². The van der Waals surface area contributed by atoms with Crippen molar-refractivity contribution in [2.75, 3.05) is 34.4 Å². The van der Waals surface area contributed by atoms with Crippen molar-refractivity contribution >= 4 is 35.2 Å². The molecule has 0 fully saturated rings. The predicted molar refractivity (Wildman–Crippen MR) is 221 cm³/mol. The Labute approximate surface area is 372 Å². The third-order valence-corrected chi connectivity index (χ3v) is 4.66. The summed E-state index contributed by atoms with van der Waals surface area (Å²) in [5, 5.41) is 150. The van der Waals surface area contributed by atoms with E-state index in [1.165, 1.54) is 0 Å². The molecule has 3 aromatic heterocycles. The van der Waals surface area contributed by atoms with Gasteiger partial charge in [-0.1, -0.05) is 0 Å². The second-order valence-electron chi connectivity index (χ2n) is 13.6. The number of nitrogens with one attached hydrogen (secondary N) is 4. The largest absolute Gasteiger partial charge is 0.717 e. The Morgan fingerprint density at radius 3 is 0.742 bits per heavy atom. The highest BCUT2D eigenvalue weighted by Crippen LogP contribution is 2.23. The van der Waals surface area contributed by atoms with Crippen LogP contribution in [0.4, 0.5) is 35.2 Å². The molecule has 38 nitrogen and oxygen atoms in total. The Kier molecular flexibility index (Phi) is 32.7. The first-order valence-electron chi connectivity index (χ1n) is 18.3. The first-order chi connectivity index (χ1) is 30.1. The van der Waals surface area contributed by atoms with Crippen molar-refractivity contribution in [3.63, 3.8) is 0 Å². The van der Waals surface area contributed by atoms with Gasteiger partial charge < -0.3 is 51.9 Å². The number of nitrogens with zero attached hydrogens (tertiary/aromatic N) is 14. The third-order valence-electron chi connectivity index (χ3n) is 4.66. The molecule has 0 unspecified atom stereocenters. The molecule has 378 valence electrons. The van der Waals surface area contributed by atoms with Crippen molar-refractivity contribution in [3.8, 4) is 0 Å². The van der Waals surface area contributed by atoms with Crippen molar-refractivity contribution in [1.82, 2.24) is 41.0 Å². The highest BCUT2D eigenvalue weighted by Gasteiger charge is 2.71. The predicted octanol–water partition coefficient (Wildman–Crippen LogP) is -0.366. The number of nitro groups is 6. The van der Waals surface area contributed by atoms with Gasteiger partial charge in [0, 0.05) is 36.6 Å². The summed E-state index contributed by atoms with van der Waals surface area (Å²) in [7, 11) is 0. The van der Waals surface area contributed by atoms with Gasteiger partial charge in [0.2, 0.25) is 36.4 Å². The topological polar surface area (TPSA) is 558 Å². The van der Waals surface area contributed by atoms with Gasteiger partial charge in [0.15, 0.2) is 29.5 Å². The van der Waals surface area contributed by atoms with Crippen LogP contribution < -0.4 is 21.3 Å². The lowest BCUT2D eigenvalue weighted by Gasteiger charge is -2.10. The van der Waals surface area contributed by atoms with E-state index in [1.807, 2.05) is 10.6 Å². The maximum absolute atomic E-state index is 11.0. The molecule has 0 radical (unpaired) electrons. The van der Waals surface area contributed by atoms with Gasteiger partial charge >= 0.3 is 11.6 Å². The van der Waals surface area contributed by atoms with E-state index in [-0.39, 0.29) is 36.6 Å². The quantitative estimate of drug-likeness (QED) is 0.0497. The molecule has 0 saturated carbocycles. The zero-order valence-electron chi connectivity index (χ0n) is 37.5. The number of anilines is 6. The fraction of sp³-hybridized carbons (Fsp3) is 0.786. The number of aliphatic hydroxyl groups is 6. The fourth-order valence-electron chi connectivity index (χ4n) is 2.51. The highest BCUT2D eigenvalue weighted by atomic mass is 16.7. The van der Waals surface area contributed by atoms with Gasteiger partial charge in [-0.15, -0.1) is 20.4 Å². The standard InChI is InChI=1S/C10H8N18O14.6C3H8O/c29-23(30)9(24(31)32,25(33)34)1-11-3-5(21-41-19-3)13-7-15-17-8(18-16-7)14-6-4(20-42-22-6)12-2-10(26(35)36,27(37)38)28(39)40;6*1-3(2)4/h1-2H2,(H,11,19)(H,12,20)(H,13,15,16,21)(H,14,17,18,22);6*3-4H,1-2H3. The monoisotopic (exact) mass is 964 g/mol. The van der Waals surface area contributed by atoms with Gasteiger partial charge in [-0.05, 0) is 104 Å². The van der Waals surface area contributed by atoms with Gasteiger partial charge in [-0.25, -0.2) is 9.26 Å². The minimum atomic E-state index is -3.88. The minimum absolute atomic E-state index is 0.167. The van der Waals surface area contributed by atoms with Crippen molar-refractivity contribution in [2.24, 2.45) is 0 Å². The molecule has 0 aliphatic heterocycles. The minimum Gasteiger partial charge on any atom is -0.394 e. The molecule has 0 atom stereocenters. The normalized spacial score (nSPS) is 10.4. The number of aliphatic hydroxyl groups excluding tert-OH is 6. The Bertz CT molecular complexity index is 1610. The maximum Gasteiger partial charge on any atom is 0.717 e. The van der Waals surface area contributed by atoms with Crippen molar-refractivity contribution < 1.29 is 69.4 Å². The van der Waals surface area contributed by atoms with E-state index in [2.05, 4.69) is 60.9 Å². The summed E-state index contributed by atoms with van der Waals surface area (Å²) in [4.78, 5) is 55.8. The Morgan fingerprint density at radius 2 is 0.576 bits per heavy atom. The molecule has 10 N–H and O–H groups in total. The SMILES string of the molecule is CC(C)O.CC(C)O.CC(C)O.CC(C)O.CC(C)O.CC(C)O.O=[N+]([O-])C(CNc1nonc1Nc1nnc(Nc2nonc2NCC([N+](=O)[O-])([N+](=O)[O-])[N+](=O)[O-])nn1)([N+](=O)[O-])[N+](=O)[O-]. The van der Waals surface area contributed by atoms with Crippen LogP contribution >= 0.6 is 0 Å². The van der Waals surface area contributed by atoms with Crippen LogP contribution in [0, 0.1) is 60.7 Å². The molecule has 3 aromatic rings. The van der Waals surface area contributed by atoms with Gasteiger partial charge in [-0.2, -0.15) is 0 Å². The molecule has 0 saturated heterocycles. The molecule has 0 bridgehead atoms. The van der Waals surface area contributed by atoms with Crippen LogP contribution in [0.1, 0.15) is 83.1 Å². The lowest BCUT2D eigenvalue weighted by Crippen LogP contribution is -2.58. The van der Waals surface area contributed by atoms with Crippen LogP contribution in [0.2, 0.25) is 0 Å². The van der Waals surface area contributed by atoms with Crippen LogP contribution in [-0.2, 0) is 0 Å². The van der Waals surface area contributed by atoms with Crippen LogP contribution in [0.25, 0.3) is 0 Å². The molecule has 0 amide bonds. The van der Waals surface area contributed by atoms with E-state index in [0.717, 1.165) is 0 Å². The Morgan fingerprint density at radius 1 is 0.409 bits per heavy atom. The molecule has 0 aromatic carbocycles. The lowest BCUT2D eigenvalue weighted by atomic mass is 10.3. The van der Waals surface area contributed by atoms with Gasteiger partial charge in [-0.3, -0.25) is 60.7 Å². The molecule has 66 heavy (non-hydrogen) atoms. The lowest BCUT2D eigenvalue weighted by molar-refractivity contribution is -0.965. The van der Waals surface area contributed by atoms with E-state index in [4.69, 9.17) is 30.6 Å². The molecule has 3 heterocycles. The van der Waals surface area contributed by atoms with Gasteiger partial charge in [0.05, 0.1) is 0 Å². The third kappa shape index (κ3) is 28.3. The van der Waals surface area contributed by atoms with E-state index < -0.39 is 89.4 Å². The summed E-state index contributed by atoms with van der Waals surface area (Å²) in [6.45, 7) is 17.7. The summed E-state index contributed by atoms with van der Waals surface area (Å²) in [6, 6.07) is 0. The second kappa shape index (κ2) is 33.1. The zero-order valence-corrected chi connectivity index (χ0v) is 37.5. The summed E-state index contributed by atoms with van der Waals surface area (Å²) >= 11 is 0. The van der Waals surface area contributed by atoms with Crippen LogP contribution in [-0.4, -0.2) is 162 Å². The smallest absolute Gasteiger partial charge is 0.394 e. The summed E-state index contributed by atoms with van der Waals surface area (Å²) < 4.78 is 8.72. The van der Waals surface area contributed by atoms with Gasteiger partial charge in [0.25, 0.3) is 11.9 Å². The first-order valence-corrected chi connectivity index (χ1v) is 18.3. The summed E-state index contributed by atoms with van der Waals surface area (Å²) in [5.74, 6) is -10.9. The molecule has 3 rings (SSSR count). The number of aromatic nitrogens is 8. The first kappa shape index (κ1) is 65.2. The molecule has 0 aliphatic rings. The average Bonchev–Trinajstić information content (AvgIpc) is 3.76. The molecular formula is C28H56N18O20. The van der Waals surface area contributed by atoms with Crippen LogP contribution in [0.3, 0.4) is 0 Å².